The molecule has 2 rings (SSSR count). The zero-order chi connectivity index (χ0) is 11.5. The molecule has 0 saturated carbocycles. The number of hydrogen-bond acceptors (Lipinski definition) is 2. The van der Waals surface area contributed by atoms with Crippen molar-refractivity contribution in [3.8, 4) is 11.5 Å². The van der Waals surface area contributed by atoms with Gasteiger partial charge in [0.1, 0.15) is 11.6 Å². The van der Waals surface area contributed by atoms with E-state index in [-0.39, 0.29) is 5.82 Å². The molecule has 1 aromatic carbocycles. The van der Waals surface area contributed by atoms with Crippen LogP contribution < -0.4 is 4.74 Å². The van der Waals surface area contributed by atoms with Crippen molar-refractivity contribution in [2.24, 2.45) is 7.05 Å². The molecular weight excluding hydrogens is 275 g/mol. The molecule has 0 aliphatic carbocycles. The Morgan fingerprint density at radius 1 is 1.50 bits per heavy atom. The van der Waals surface area contributed by atoms with E-state index < -0.39 is 0 Å². The highest BCUT2D eigenvalue weighted by molar-refractivity contribution is 9.08. The van der Waals surface area contributed by atoms with Gasteiger partial charge in [0.25, 0.3) is 0 Å². The van der Waals surface area contributed by atoms with Gasteiger partial charge < -0.3 is 4.74 Å². The monoisotopic (exact) mass is 284 g/mol. The fraction of sp³-hybridized carbons (Fsp3) is 0.182. The quantitative estimate of drug-likeness (QED) is 0.809. The molecule has 0 N–H and O–H groups in total. The summed E-state index contributed by atoms with van der Waals surface area (Å²) in [5, 5.41) is 4.53. The molecule has 0 atom stereocenters. The molecule has 0 bridgehead atoms. The van der Waals surface area contributed by atoms with Crippen LogP contribution in [0.4, 0.5) is 4.39 Å². The van der Waals surface area contributed by atoms with Gasteiger partial charge in [-0.25, -0.2) is 4.39 Å². The topological polar surface area (TPSA) is 27.1 Å². The molecule has 0 radical (unpaired) electrons. The Bertz CT molecular complexity index is 498. The molecule has 0 amide bonds. The number of benzene rings is 1. The van der Waals surface area contributed by atoms with E-state index in [9.17, 15) is 4.39 Å². The summed E-state index contributed by atoms with van der Waals surface area (Å²) in [7, 11) is 1.81. The van der Waals surface area contributed by atoms with Crippen LogP contribution in [0.3, 0.4) is 0 Å². The predicted octanol–water partition coefficient (Wildman–Crippen LogP) is 3.25. The van der Waals surface area contributed by atoms with Crippen molar-refractivity contribution in [2.45, 2.75) is 5.33 Å². The lowest BCUT2D eigenvalue weighted by molar-refractivity contribution is 0.475. The summed E-state index contributed by atoms with van der Waals surface area (Å²) in [5.74, 6) is 0.996. The summed E-state index contributed by atoms with van der Waals surface area (Å²) >= 11 is 3.29. The summed E-state index contributed by atoms with van der Waals surface area (Å²) < 4.78 is 20.2. The second kappa shape index (κ2) is 4.65. The van der Waals surface area contributed by atoms with Crippen molar-refractivity contribution >= 4 is 15.9 Å². The number of nitrogens with zero attached hydrogens (tertiary/aromatic N) is 2. The average Bonchev–Trinajstić information content (AvgIpc) is 2.67. The van der Waals surface area contributed by atoms with Gasteiger partial charge in [0.2, 0.25) is 0 Å². The lowest BCUT2D eigenvalue weighted by Crippen LogP contribution is -1.90. The standard InChI is InChI=1S/C11H10BrFN2O/c1-15-7-10(6-14-15)16-11-3-2-9(13)4-8(11)5-12/h2-4,6-7H,5H2,1H3. The minimum atomic E-state index is -0.270. The van der Waals surface area contributed by atoms with Crippen molar-refractivity contribution < 1.29 is 9.13 Å². The maximum Gasteiger partial charge on any atom is 0.165 e. The smallest absolute Gasteiger partial charge is 0.165 e. The van der Waals surface area contributed by atoms with Gasteiger partial charge in [0.15, 0.2) is 5.75 Å². The van der Waals surface area contributed by atoms with Crippen LogP contribution in [0, 0.1) is 5.82 Å². The van der Waals surface area contributed by atoms with Crippen LogP contribution in [0.1, 0.15) is 5.56 Å². The molecule has 5 heteroatoms. The van der Waals surface area contributed by atoms with Gasteiger partial charge >= 0.3 is 0 Å². The molecule has 1 heterocycles. The largest absolute Gasteiger partial charge is 0.454 e. The van der Waals surface area contributed by atoms with Gasteiger partial charge in [-0.1, -0.05) is 15.9 Å². The first kappa shape index (κ1) is 11.1. The van der Waals surface area contributed by atoms with Crippen molar-refractivity contribution in [1.29, 1.82) is 0 Å². The fourth-order valence-corrected chi connectivity index (χ4v) is 1.77. The lowest BCUT2D eigenvalue weighted by Gasteiger charge is -2.07. The van der Waals surface area contributed by atoms with Crippen LogP contribution in [0.2, 0.25) is 0 Å². The van der Waals surface area contributed by atoms with Gasteiger partial charge in [0.05, 0.1) is 12.4 Å². The fourth-order valence-electron chi connectivity index (χ4n) is 1.33. The van der Waals surface area contributed by atoms with E-state index in [1.54, 1.807) is 23.1 Å². The molecule has 3 nitrogen and oxygen atoms in total. The van der Waals surface area contributed by atoms with E-state index in [1.165, 1.54) is 12.1 Å². The molecule has 16 heavy (non-hydrogen) atoms. The molecule has 2 aromatic rings. The highest BCUT2D eigenvalue weighted by Crippen LogP contribution is 2.27. The first-order valence-electron chi connectivity index (χ1n) is 4.70. The summed E-state index contributed by atoms with van der Waals surface area (Å²) in [5.41, 5.74) is 0.767. The third kappa shape index (κ3) is 2.41. The van der Waals surface area contributed by atoms with Crippen LogP contribution in [0.25, 0.3) is 0 Å². The summed E-state index contributed by atoms with van der Waals surface area (Å²) in [6.07, 6.45) is 3.36. The number of alkyl halides is 1. The van der Waals surface area contributed by atoms with E-state index in [0.29, 0.717) is 16.8 Å². The van der Waals surface area contributed by atoms with Gasteiger partial charge in [-0.05, 0) is 18.2 Å². The first-order chi connectivity index (χ1) is 7.69. The Morgan fingerprint density at radius 2 is 2.31 bits per heavy atom. The van der Waals surface area contributed by atoms with Gasteiger partial charge in [-0.2, -0.15) is 5.10 Å². The molecule has 1 aromatic heterocycles. The van der Waals surface area contributed by atoms with Gasteiger partial charge in [-0.3, -0.25) is 4.68 Å². The first-order valence-corrected chi connectivity index (χ1v) is 5.82. The normalized spacial score (nSPS) is 10.4. The van der Waals surface area contributed by atoms with Crippen molar-refractivity contribution in [1.82, 2.24) is 9.78 Å². The zero-order valence-corrected chi connectivity index (χ0v) is 10.2. The summed E-state index contributed by atoms with van der Waals surface area (Å²) in [4.78, 5) is 0. The van der Waals surface area contributed by atoms with Crippen LogP contribution in [-0.2, 0) is 12.4 Å². The highest BCUT2D eigenvalue weighted by atomic mass is 79.9. The Kier molecular flexibility index (Phi) is 3.24. The van der Waals surface area contributed by atoms with E-state index in [1.807, 2.05) is 7.05 Å². The Hall–Kier alpha value is -1.36. The SMILES string of the molecule is Cn1cc(Oc2ccc(F)cc2CBr)cn1. The van der Waals surface area contributed by atoms with Crippen molar-refractivity contribution in [3.05, 3.63) is 42.0 Å². The molecule has 84 valence electrons. The number of hydrogen-bond donors (Lipinski definition) is 0. The summed E-state index contributed by atoms with van der Waals surface area (Å²) in [6.45, 7) is 0. The molecule has 0 aliphatic heterocycles. The van der Waals surface area contributed by atoms with E-state index in [2.05, 4.69) is 21.0 Å². The van der Waals surface area contributed by atoms with Crippen LogP contribution in [-0.4, -0.2) is 9.78 Å². The Labute approximate surface area is 101 Å². The third-order valence-corrected chi connectivity index (χ3v) is 2.68. The highest BCUT2D eigenvalue weighted by Gasteiger charge is 2.06. The minimum Gasteiger partial charge on any atom is -0.454 e. The van der Waals surface area contributed by atoms with Crippen molar-refractivity contribution in [2.75, 3.05) is 0 Å². The molecule has 0 spiro atoms. The molecule has 0 saturated heterocycles. The lowest BCUT2D eigenvalue weighted by atomic mass is 10.2. The Balaban J connectivity index is 2.27. The zero-order valence-electron chi connectivity index (χ0n) is 8.65. The van der Waals surface area contributed by atoms with Gasteiger partial charge in [-0.15, -0.1) is 0 Å². The maximum atomic E-state index is 13.0. The van der Waals surface area contributed by atoms with Gasteiger partial charge in [0, 0.05) is 17.9 Å². The second-order valence-electron chi connectivity index (χ2n) is 3.34. The van der Waals surface area contributed by atoms with E-state index in [0.717, 1.165) is 5.56 Å². The van der Waals surface area contributed by atoms with E-state index in [4.69, 9.17) is 4.74 Å². The number of rotatable bonds is 3. The summed E-state index contributed by atoms with van der Waals surface area (Å²) in [6, 6.07) is 4.43. The van der Waals surface area contributed by atoms with Crippen LogP contribution in [0.15, 0.2) is 30.6 Å². The van der Waals surface area contributed by atoms with Crippen molar-refractivity contribution in [3.63, 3.8) is 0 Å². The number of ether oxygens (including phenoxy) is 1. The third-order valence-electron chi connectivity index (χ3n) is 2.08. The number of aromatic nitrogens is 2. The second-order valence-corrected chi connectivity index (χ2v) is 3.90. The molecule has 0 unspecified atom stereocenters. The van der Waals surface area contributed by atoms with Crippen LogP contribution in [0.5, 0.6) is 11.5 Å². The molecular formula is C11H10BrFN2O. The van der Waals surface area contributed by atoms with E-state index >= 15 is 0 Å². The van der Waals surface area contributed by atoms with Crippen LogP contribution >= 0.6 is 15.9 Å². The number of aryl methyl sites for hydroxylation is 1. The minimum absolute atomic E-state index is 0.270. The predicted molar refractivity (Wildman–Crippen MR) is 62.3 cm³/mol. The number of halogens is 2. The Morgan fingerprint density at radius 3 is 2.94 bits per heavy atom. The molecule has 0 aliphatic rings. The molecule has 0 fully saturated rings. The average molecular weight is 285 g/mol. The maximum absolute atomic E-state index is 13.0.